The Bertz CT molecular complexity index is 296. The van der Waals surface area contributed by atoms with Crippen LogP contribution in [0.4, 0.5) is 5.82 Å². The number of nitrogens with zero attached hydrogens (tertiary/aromatic N) is 5. The molecule has 1 aromatic rings. The number of quaternary nitrogens is 1. The zero-order valence-electron chi connectivity index (χ0n) is 5.81. The second-order valence-corrected chi connectivity index (χ2v) is 2.08. The summed E-state index contributed by atoms with van der Waals surface area (Å²) in [7, 11) is 0. The zero-order chi connectivity index (χ0) is 7.68. The highest BCUT2D eigenvalue weighted by molar-refractivity contribution is 5.72. The molecule has 11 heavy (non-hydrogen) atoms. The molecule has 0 fully saturated rings. The maximum Gasteiger partial charge on any atom is 0.299 e. The molecule has 0 aliphatic carbocycles. The van der Waals surface area contributed by atoms with E-state index in [4.69, 9.17) is 0 Å². The third kappa shape index (κ3) is 0.905. The molecule has 0 radical (unpaired) electrons. The summed E-state index contributed by atoms with van der Waals surface area (Å²) in [5.41, 5.74) is 0. The molecule has 1 aliphatic rings. The fourth-order valence-electron chi connectivity index (χ4n) is 0.806. The van der Waals surface area contributed by atoms with Crippen molar-refractivity contribution >= 4 is 11.7 Å². The topological polar surface area (TPSA) is 83.1 Å². The van der Waals surface area contributed by atoms with Crippen molar-refractivity contribution in [3.8, 4) is 0 Å². The van der Waals surface area contributed by atoms with E-state index in [0.717, 1.165) is 5.84 Å². The molecule has 2 rings (SSSR count). The number of hydrogen-bond acceptors (Lipinski definition) is 5. The summed E-state index contributed by atoms with van der Waals surface area (Å²) in [5, 5.41) is 21.7. The molecular weight excluding hydrogens is 146 g/mol. The summed E-state index contributed by atoms with van der Waals surface area (Å²) in [6.07, 6.45) is 1.58. The highest BCUT2D eigenvalue weighted by Gasteiger charge is 2.23. The van der Waals surface area contributed by atoms with Gasteiger partial charge in [0, 0.05) is 12.1 Å². The second-order valence-electron chi connectivity index (χ2n) is 2.08. The monoisotopic (exact) mass is 152 g/mol. The van der Waals surface area contributed by atoms with Crippen molar-refractivity contribution in [2.75, 3.05) is 0 Å². The van der Waals surface area contributed by atoms with Crippen molar-refractivity contribution in [1.29, 1.82) is 0 Å². The molecule has 0 spiro atoms. The van der Waals surface area contributed by atoms with Crippen molar-refractivity contribution in [1.82, 2.24) is 15.4 Å². The van der Waals surface area contributed by atoms with Crippen LogP contribution >= 0.6 is 0 Å². The average Bonchev–Trinajstić information content (AvgIpc) is 2.55. The first-order valence-corrected chi connectivity index (χ1v) is 3.06. The summed E-state index contributed by atoms with van der Waals surface area (Å²) in [6.45, 7) is 1.82. The minimum atomic E-state index is 0.674. The normalized spacial score (nSPS) is 22.3. The van der Waals surface area contributed by atoms with Crippen LogP contribution in [0.1, 0.15) is 6.92 Å². The molecule has 2 N–H and O–H groups in total. The molecule has 1 aliphatic heterocycles. The van der Waals surface area contributed by atoms with Gasteiger partial charge in [0.25, 0.3) is 11.7 Å². The predicted octanol–water partition coefficient (Wildman–Crippen LogP) is -0.965. The molecule has 0 saturated heterocycles. The van der Waals surface area contributed by atoms with Crippen LogP contribution in [-0.4, -0.2) is 21.2 Å². The first-order valence-electron chi connectivity index (χ1n) is 3.06. The molecule has 1 atom stereocenters. The Balaban J connectivity index is 2.32. The fourth-order valence-corrected chi connectivity index (χ4v) is 0.806. The van der Waals surface area contributed by atoms with Crippen molar-refractivity contribution in [3.05, 3.63) is 6.20 Å². The molecule has 0 amide bonds. The molecule has 7 nitrogen and oxygen atoms in total. The van der Waals surface area contributed by atoms with Crippen LogP contribution in [0, 0.1) is 0 Å². The van der Waals surface area contributed by atoms with Gasteiger partial charge in [-0.3, -0.25) is 0 Å². The summed E-state index contributed by atoms with van der Waals surface area (Å²) >= 11 is 0. The molecule has 7 heteroatoms. The Morgan fingerprint density at radius 3 is 3.00 bits per heavy atom. The van der Waals surface area contributed by atoms with Crippen LogP contribution in [0.2, 0.25) is 0 Å². The number of amidine groups is 1. The van der Waals surface area contributed by atoms with Gasteiger partial charge in [0.05, 0.1) is 5.22 Å². The van der Waals surface area contributed by atoms with Gasteiger partial charge in [-0.1, -0.05) is 15.2 Å². The minimum Gasteiger partial charge on any atom is -0.192 e. The molecule has 2 heterocycles. The van der Waals surface area contributed by atoms with Gasteiger partial charge in [0.15, 0.2) is 0 Å². The van der Waals surface area contributed by atoms with Gasteiger partial charge in [-0.05, 0) is 0 Å². The summed E-state index contributed by atoms with van der Waals surface area (Å²) in [5.74, 6) is 1.44. The third-order valence-corrected chi connectivity index (χ3v) is 1.34. The lowest BCUT2D eigenvalue weighted by molar-refractivity contribution is -0.743. The Morgan fingerprint density at radius 1 is 1.55 bits per heavy atom. The Hall–Kier alpha value is -1.63. The van der Waals surface area contributed by atoms with Gasteiger partial charge in [-0.15, -0.1) is 0 Å². The van der Waals surface area contributed by atoms with Crippen LogP contribution in [0.15, 0.2) is 21.7 Å². The van der Waals surface area contributed by atoms with Crippen LogP contribution in [0.5, 0.6) is 0 Å². The van der Waals surface area contributed by atoms with E-state index in [2.05, 4.69) is 31.0 Å². The predicted molar refractivity (Wildman–Crippen MR) is 35.0 cm³/mol. The van der Waals surface area contributed by atoms with Crippen molar-refractivity contribution in [2.45, 2.75) is 6.92 Å². The Labute approximate surface area is 61.8 Å². The molecule has 0 aromatic carbocycles. The summed E-state index contributed by atoms with van der Waals surface area (Å²) in [4.78, 5) is 0. The first-order chi connectivity index (χ1) is 5.38. The second kappa shape index (κ2) is 2.20. The molecule has 1 aromatic heterocycles. The Kier molecular flexibility index (Phi) is 1.22. The number of aromatic amines is 1. The standard InChI is InChI=1S/C4H5N7/c1-3-6-9-10-11(3)4-2-5-8-7-4/h2H,1H3,(H,5,7,8)/p+1. The molecule has 1 unspecified atom stereocenters. The number of H-pyrrole nitrogens is 1. The summed E-state index contributed by atoms with van der Waals surface area (Å²) < 4.78 is 0. The average molecular weight is 152 g/mol. The molecule has 0 bridgehead atoms. The van der Waals surface area contributed by atoms with E-state index in [1.807, 2.05) is 6.92 Å². The Morgan fingerprint density at radius 2 is 2.45 bits per heavy atom. The zero-order valence-corrected chi connectivity index (χ0v) is 5.81. The lowest BCUT2D eigenvalue weighted by Gasteiger charge is -1.96. The van der Waals surface area contributed by atoms with E-state index in [1.165, 1.54) is 0 Å². The van der Waals surface area contributed by atoms with E-state index >= 15 is 0 Å². The number of aromatic nitrogens is 3. The molecular formula is C4H6N7+. The number of rotatable bonds is 1. The highest BCUT2D eigenvalue weighted by atomic mass is 15.7. The lowest BCUT2D eigenvalue weighted by Crippen LogP contribution is -3.03. The first kappa shape index (κ1) is 6.10. The maximum absolute atomic E-state index is 3.84. The SMILES string of the molecule is CC1=NN=N[NH+]1c1cn[nH]n1. The van der Waals surface area contributed by atoms with Crippen LogP contribution in [-0.2, 0) is 0 Å². The summed E-state index contributed by atoms with van der Waals surface area (Å²) in [6, 6.07) is 0. The van der Waals surface area contributed by atoms with Crippen molar-refractivity contribution in [2.24, 2.45) is 15.5 Å². The van der Waals surface area contributed by atoms with Crippen LogP contribution < -0.4 is 5.01 Å². The lowest BCUT2D eigenvalue weighted by atomic mass is 10.6. The smallest absolute Gasteiger partial charge is 0.192 e. The van der Waals surface area contributed by atoms with E-state index in [0.29, 0.717) is 10.8 Å². The van der Waals surface area contributed by atoms with E-state index < -0.39 is 0 Å². The van der Waals surface area contributed by atoms with Gasteiger partial charge in [0.2, 0.25) is 0 Å². The van der Waals surface area contributed by atoms with Crippen LogP contribution in [0.3, 0.4) is 0 Å². The maximum atomic E-state index is 3.84. The van der Waals surface area contributed by atoms with Gasteiger partial charge in [-0.2, -0.15) is 10.3 Å². The fraction of sp³-hybridized carbons (Fsp3) is 0.250. The van der Waals surface area contributed by atoms with Crippen molar-refractivity contribution in [3.63, 3.8) is 0 Å². The quantitative estimate of drug-likeness (QED) is 0.543. The van der Waals surface area contributed by atoms with Gasteiger partial charge < -0.3 is 0 Å². The van der Waals surface area contributed by atoms with E-state index in [9.17, 15) is 0 Å². The van der Waals surface area contributed by atoms with Crippen LogP contribution in [0.25, 0.3) is 0 Å². The van der Waals surface area contributed by atoms with Gasteiger partial charge in [-0.25, -0.2) is 0 Å². The van der Waals surface area contributed by atoms with Gasteiger partial charge >= 0.3 is 0 Å². The largest absolute Gasteiger partial charge is 0.299 e. The van der Waals surface area contributed by atoms with E-state index in [-0.39, 0.29) is 0 Å². The van der Waals surface area contributed by atoms with E-state index in [1.54, 1.807) is 6.20 Å². The molecule has 56 valence electrons. The van der Waals surface area contributed by atoms with Crippen molar-refractivity contribution < 1.29 is 5.01 Å². The number of hydrogen-bond donors (Lipinski definition) is 2. The molecule has 0 saturated carbocycles. The number of nitrogens with one attached hydrogen (secondary N) is 2. The van der Waals surface area contributed by atoms with Gasteiger partial charge in [0.1, 0.15) is 6.20 Å². The minimum absolute atomic E-state index is 0.674. The highest BCUT2D eigenvalue weighted by Crippen LogP contribution is 1.91. The third-order valence-electron chi connectivity index (χ3n) is 1.34.